The SMILES string of the molecule is C=CCNc1nccn1CC1CN2CCCC2CO1. The second-order valence-electron chi connectivity index (χ2n) is 5.32. The highest BCUT2D eigenvalue weighted by molar-refractivity contribution is 5.26. The van der Waals surface area contributed by atoms with E-state index in [1.807, 2.05) is 18.5 Å². The number of hydrogen-bond donors (Lipinski definition) is 1. The molecule has 1 N–H and O–H groups in total. The highest BCUT2D eigenvalue weighted by Gasteiger charge is 2.32. The van der Waals surface area contributed by atoms with E-state index < -0.39 is 0 Å². The van der Waals surface area contributed by atoms with Crippen molar-refractivity contribution < 1.29 is 4.74 Å². The summed E-state index contributed by atoms with van der Waals surface area (Å²) in [6.45, 7) is 8.47. The molecule has 2 unspecified atom stereocenters. The summed E-state index contributed by atoms with van der Waals surface area (Å²) in [7, 11) is 0. The van der Waals surface area contributed by atoms with Gasteiger partial charge in [0.15, 0.2) is 0 Å². The summed E-state index contributed by atoms with van der Waals surface area (Å²) < 4.78 is 8.12. The molecule has 0 saturated carbocycles. The van der Waals surface area contributed by atoms with Crippen LogP contribution < -0.4 is 5.32 Å². The van der Waals surface area contributed by atoms with Crippen molar-refractivity contribution >= 4 is 5.95 Å². The number of rotatable bonds is 5. The molecule has 0 spiro atoms. The van der Waals surface area contributed by atoms with Crippen LogP contribution in [0.2, 0.25) is 0 Å². The Morgan fingerprint density at radius 3 is 3.42 bits per heavy atom. The smallest absolute Gasteiger partial charge is 0.203 e. The zero-order valence-corrected chi connectivity index (χ0v) is 11.3. The first-order valence-electron chi connectivity index (χ1n) is 7.08. The summed E-state index contributed by atoms with van der Waals surface area (Å²) in [5.41, 5.74) is 0. The zero-order chi connectivity index (χ0) is 13.1. The van der Waals surface area contributed by atoms with Gasteiger partial charge in [-0.15, -0.1) is 6.58 Å². The predicted molar refractivity (Wildman–Crippen MR) is 75.2 cm³/mol. The van der Waals surface area contributed by atoms with E-state index in [0.29, 0.717) is 6.04 Å². The van der Waals surface area contributed by atoms with Gasteiger partial charge < -0.3 is 14.6 Å². The minimum absolute atomic E-state index is 0.271. The van der Waals surface area contributed by atoms with Crippen molar-refractivity contribution in [3.63, 3.8) is 0 Å². The number of anilines is 1. The summed E-state index contributed by atoms with van der Waals surface area (Å²) in [5, 5.41) is 3.24. The number of morpholine rings is 1. The van der Waals surface area contributed by atoms with E-state index in [4.69, 9.17) is 4.74 Å². The van der Waals surface area contributed by atoms with E-state index in [1.165, 1.54) is 19.4 Å². The Kier molecular flexibility index (Phi) is 3.84. The highest BCUT2D eigenvalue weighted by atomic mass is 16.5. The average molecular weight is 262 g/mol. The van der Waals surface area contributed by atoms with Gasteiger partial charge in [0.25, 0.3) is 0 Å². The van der Waals surface area contributed by atoms with Gasteiger partial charge in [0.05, 0.1) is 19.3 Å². The van der Waals surface area contributed by atoms with Crippen molar-refractivity contribution in [1.82, 2.24) is 14.5 Å². The molecule has 2 aliphatic heterocycles. The van der Waals surface area contributed by atoms with Crippen LogP contribution in [0.15, 0.2) is 25.0 Å². The van der Waals surface area contributed by atoms with Gasteiger partial charge in [-0.05, 0) is 19.4 Å². The summed E-state index contributed by atoms with van der Waals surface area (Å²) in [6.07, 6.45) is 8.55. The number of imidazole rings is 1. The normalized spacial score (nSPS) is 27.2. The molecular weight excluding hydrogens is 240 g/mol. The first kappa shape index (κ1) is 12.7. The molecule has 2 saturated heterocycles. The van der Waals surface area contributed by atoms with Crippen molar-refractivity contribution in [1.29, 1.82) is 0 Å². The van der Waals surface area contributed by atoms with Gasteiger partial charge in [0.2, 0.25) is 5.95 Å². The highest BCUT2D eigenvalue weighted by Crippen LogP contribution is 2.23. The molecule has 3 rings (SSSR count). The molecule has 1 aromatic rings. The lowest BCUT2D eigenvalue weighted by Gasteiger charge is -2.35. The second kappa shape index (κ2) is 5.75. The molecule has 0 radical (unpaired) electrons. The topological polar surface area (TPSA) is 42.3 Å². The largest absolute Gasteiger partial charge is 0.373 e. The Morgan fingerprint density at radius 2 is 2.53 bits per heavy atom. The van der Waals surface area contributed by atoms with E-state index in [2.05, 4.69) is 26.3 Å². The Balaban J connectivity index is 1.59. The lowest BCUT2D eigenvalue weighted by atomic mass is 10.2. The molecule has 0 aromatic carbocycles. The van der Waals surface area contributed by atoms with Crippen molar-refractivity contribution in [3.8, 4) is 0 Å². The number of hydrogen-bond acceptors (Lipinski definition) is 4. The zero-order valence-electron chi connectivity index (χ0n) is 11.3. The van der Waals surface area contributed by atoms with Gasteiger partial charge in [0, 0.05) is 31.5 Å². The molecule has 0 amide bonds. The molecule has 104 valence electrons. The summed E-state index contributed by atoms with van der Waals surface area (Å²) >= 11 is 0. The number of nitrogens with one attached hydrogen (secondary N) is 1. The molecule has 2 aliphatic rings. The predicted octanol–water partition coefficient (Wildman–Crippen LogP) is 1.34. The summed E-state index contributed by atoms with van der Waals surface area (Å²) in [4.78, 5) is 6.89. The standard InChI is InChI=1S/C14H22N4O/c1-2-5-15-14-16-6-8-18(14)10-13-9-17-7-3-4-12(17)11-19-13/h2,6,8,12-13H,1,3-5,7,9-11H2,(H,15,16). The van der Waals surface area contributed by atoms with Gasteiger partial charge in [-0.25, -0.2) is 4.98 Å². The van der Waals surface area contributed by atoms with E-state index >= 15 is 0 Å². The summed E-state index contributed by atoms with van der Waals surface area (Å²) in [5.74, 6) is 0.895. The van der Waals surface area contributed by atoms with Gasteiger partial charge in [-0.3, -0.25) is 4.90 Å². The average Bonchev–Trinajstić information content (AvgIpc) is 3.05. The van der Waals surface area contributed by atoms with E-state index in [9.17, 15) is 0 Å². The van der Waals surface area contributed by atoms with Crippen LogP contribution in [0.25, 0.3) is 0 Å². The minimum atomic E-state index is 0.271. The van der Waals surface area contributed by atoms with Crippen molar-refractivity contribution in [2.45, 2.75) is 31.5 Å². The van der Waals surface area contributed by atoms with Crippen LogP contribution in [-0.2, 0) is 11.3 Å². The maximum atomic E-state index is 5.99. The quantitative estimate of drug-likeness (QED) is 0.813. The third kappa shape index (κ3) is 2.82. The van der Waals surface area contributed by atoms with Crippen LogP contribution in [0.5, 0.6) is 0 Å². The fraction of sp³-hybridized carbons (Fsp3) is 0.643. The van der Waals surface area contributed by atoms with Crippen LogP contribution in [0.1, 0.15) is 12.8 Å². The van der Waals surface area contributed by atoms with E-state index in [1.54, 1.807) is 0 Å². The minimum Gasteiger partial charge on any atom is -0.373 e. The van der Waals surface area contributed by atoms with Crippen LogP contribution >= 0.6 is 0 Å². The van der Waals surface area contributed by atoms with Crippen LogP contribution in [0.4, 0.5) is 5.95 Å². The number of fused-ring (bicyclic) bond motifs is 1. The number of nitrogens with zero attached hydrogens (tertiary/aromatic N) is 3. The van der Waals surface area contributed by atoms with E-state index in [-0.39, 0.29) is 6.10 Å². The van der Waals surface area contributed by atoms with Gasteiger partial charge >= 0.3 is 0 Å². The van der Waals surface area contributed by atoms with Crippen molar-refractivity contribution in [3.05, 3.63) is 25.0 Å². The number of ether oxygens (including phenoxy) is 1. The van der Waals surface area contributed by atoms with Crippen molar-refractivity contribution in [2.75, 3.05) is 31.6 Å². The molecule has 5 heteroatoms. The molecule has 19 heavy (non-hydrogen) atoms. The lowest BCUT2D eigenvalue weighted by molar-refractivity contribution is -0.0549. The van der Waals surface area contributed by atoms with Crippen molar-refractivity contribution in [2.24, 2.45) is 0 Å². The fourth-order valence-electron chi connectivity index (χ4n) is 3.00. The van der Waals surface area contributed by atoms with Gasteiger partial charge in [0.1, 0.15) is 0 Å². The molecule has 0 bridgehead atoms. The molecule has 2 fully saturated rings. The maximum Gasteiger partial charge on any atom is 0.203 e. The molecule has 1 aromatic heterocycles. The second-order valence-corrected chi connectivity index (χ2v) is 5.32. The van der Waals surface area contributed by atoms with Gasteiger partial charge in [-0.2, -0.15) is 0 Å². The Hall–Kier alpha value is -1.33. The third-order valence-corrected chi connectivity index (χ3v) is 3.98. The Bertz CT molecular complexity index is 431. The maximum absolute atomic E-state index is 5.99. The fourth-order valence-corrected chi connectivity index (χ4v) is 3.00. The van der Waals surface area contributed by atoms with Crippen LogP contribution in [0.3, 0.4) is 0 Å². The summed E-state index contributed by atoms with van der Waals surface area (Å²) in [6, 6.07) is 0.664. The number of aromatic nitrogens is 2. The molecule has 5 nitrogen and oxygen atoms in total. The van der Waals surface area contributed by atoms with Gasteiger partial charge in [-0.1, -0.05) is 6.08 Å². The molecule has 2 atom stereocenters. The first-order chi connectivity index (χ1) is 9.36. The Labute approximate surface area is 114 Å². The molecular formula is C14H22N4O. The first-order valence-corrected chi connectivity index (χ1v) is 7.08. The molecule has 0 aliphatic carbocycles. The Morgan fingerprint density at radius 1 is 1.58 bits per heavy atom. The third-order valence-electron chi connectivity index (χ3n) is 3.98. The lowest BCUT2D eigenvalue weighted by Crippen LogP contribution is -2.47. The van der Waals surface area contributed by atoms with Crippen LogP contribution in [-0.4, -0.2) is 52.8 Å². The monoisotopic (exact) mass is 262 g/mol. The van der Waals surface area contributed by atoms with E-state index in [0.717, 1.165) is 32.2 Å². The van der Waals surface area contributed by atoms with Crippen LogP contribution in [0, 0.1) is 0 Å². The molecule has 3 heterocycles.